The number of hydrogen-bond donors (Lipinski definition) is 0. The van der Waals surface area contributed by atoms with Crippen molar-refractivity contribution >= 4 is 21.7 Å². The fourth-order valence-corrected chi connectivity index (χ4v) is 9.01. The van der Waals surface area contributed by atoms with Crippen LogP contribution in [0.15, 0.2) is 200 Å². The van der Waals surface area contributed by atoms with Crippen LogP contribution < -0.4 is 0 Å². The molecule has 2 heterocycles. The molecule has 3 heteroatoms. The van der Waals surface area contributed by atoms with Crippen molar-refractivity contribution in [3.63, 3.8) is 0 Å². The molecular weight excluding hydrogens is 715 g/mol. The first-order valence-electron chi connectivity index (χ1n) is 20.3. The van der Waals surface area contributed by atoms with Gasteiger partial charge in [-0.15, -0.1) is 0 Å². The molecule has 1 aliphatic rings. The fourth-order valence-electron chi connectivity index (χ4n) is 9.01. The molecule has 0 spiro atoms. The molecule has 0 unspecified atom stereocenters. The largest absolute Gasteiger partial charge is 0.248 e. The van der Waals surface area contributed by atoms with Crippen molar-refractivity contribution in [1.29, 1.82) is 0 Å². The Morgan fingerprint density at radius 2 is 0.864 bits per heavy atom. The van der Waals surface area contributed by atoms with E-state index in [2.05, 4.69) is 202 Å². The van der Waals surface area contributed by atoms with Crippen LogP contribution in [0.3, 0.4) is 0 Å². The highest BCUT2D eigenvalue weighted by atomic mass is 14.9. The Labute approximate surface area is 344 Å². The molecule has 0 atom stereocenters. The minimum atomic E-state index is -0.121. The molecule has 3 nitrogen and oxygen atoms in total. The standard InChI is InChI=1S/C56H39N3/c1-56(2)49-25-15-14-24-44(49)47-32-48-46(33-51(37-16-6-3-7-17-37)57-54(48)34-50(47)56)42-30-41-22-12-13-23-43(41)45(31-42)36-26-28-40(29-27-36)55-58-52(38-18-8-4-9-19-38)35-53(59-55)39-20-10-5-11-21-39/h3-35H,1-2H3. The van der Waals surface area contributed by atoms with Crippen LogP contribution in [0.4, 0.5) is 0 Å². The monoisotopic (exact) mass is 753 g/mol. The summed E-state index contributed by atoms with van der Waals surface area (Å²) < 4.78 is 0. The Kier molecular flexibility index (Phi) is 8.16. The van der Waals surface area contributed by atoms with Gasteiger partial charge in [0.2, 0.25) is 0 Å². The summed E-state index contributed by atoms with van der Waals surface area (Å²) in [6.45, 7) is 4.67. The summed E-state index contributed by atoms with van der Waals surface area (Å²) in [5, 5.41) is 3.54. The van der Waals surface area contributed by atoms with Crippen molar-refractivity contribution in [2.75, 3.05) is 0 Å². The van der Waals surface area contributed by atoms with Gasteiger partial charge in [0.1, 0.15) is 0 Å². The minimum absolute atomic E-state index is 0.121. The van der Waals surface area contributed by atoms with Crippen molar-refractivity contribution < 1.29 is 0 Å². The highest BCUT2D eigenvalue weighted by Gasteiger charge is 2.36. The Balaban J connectivity index is 1.08. The number of nitrogens with zero attached hydrogens (tertiary/aromatic N) is 3. The van der Waals surface area contributed by atoms with Crippen LogP contribution in [-0.4, -0.2) is 15.0 Å². The van der Waals surface area contributed by atoms with Crippen LogP contribution in [-0.2, 0) is 5.41 Å². The molecule has 0 radical (unpaired) electrons. The normalized spacial score (nSPS) is 12.7. The molecule has 0 fully saturated rings. The summed E-state index contributed by atoms with van der Waals surface area (Å²) in [5.74, 6) is 0.698. The van der Waals surface area contributed by atoms with E-state index in [-0.39, 0.29) is 5.41 Å². The van der Waals surface area contributed by atoms with Crippen LogP contribution in [0.25, 0.3) is 100 Å². The third-order valence-corrected chi connectivity index (χ3v) is 12.1. The van der Waals surface area contributed by atoms with Gasteiger partial charge in [-0.2, -0.15) is 0 Å². The van der Waals surface area contributed by atoms with E-state index in [0.29, 0.717) is 5.82 Å². The van der Waals surface area contributed by atoms with Gasteiger partial charge in [-0.3, -0.25) is 0 Å². The van der Waals surface area contributed by atoms with Crippen molar-refractivity contribution in [2.45, 2.75) is 19.3 Å². The maximum absolute atomic E-state index is 5.36. The zero-order valence-corrected chi connectivity index (χ0v) is 32.9. The lowest BCUT2D eigenvalue weighted by molar-refractivity contribution is 0.661. The minimum Gasteiger partial charge on any atom is -0.248 e. The zero-order chi connectivity index (χ0) is 39.5. The van der Waals surface area contributed by atoms with Gasteiger partial charge in [0.25, 0.3) is 0 Å². The molecule has 59 heavy (non-hydrogen) atoms. The number of pyridine rings is 1. The van der Waals surface area contributed by atoms with E-state index in [1.807, 2.05) is 12.1 Å². The molecule has 10 aromatic rings. The van der Waals surface area contributed by atoms with Gasteiger partial charge in [0.05, 0.1) is 22.6 Å². The smallest absolute Gasteiger partial charge is 0.160 e. The molecule has 0 N–H and O–H groups in total. The van der Waals surface area contributed by atoms with Crippen LogP contribution in [0, 0.1) is 0 Å². The Morgan fingerprint density at radius 1 is 0.322 bits per heavy atom. The SMILES string of the molecule is CC1(C)c2ccccc2-c2cc3c(-c4cc(-c5ccc(-c6nc(-c7ccccc7)cc(-c7ccccc7)n6)cc5)c5ccccc5c4)cc(-c4ccccc4)nc3cc21. The molecule has 0 aliphatic heterocycles. The lowest BCUT2D eigenvalue weighted by Gasteiger charge is -2.22. The average Bonchev–Trinajstić information content (AvgIpc) is 3.53. The van der Waals surface area contributed by atoms with Crippen molar-refractivity contribution in [2.24, 2.45) is 0 Å². The second kappa shape index (κ2) is 13.9. The summed E-state index contributed by atoms with van der Waals surface area (Å²) in [7, 11) is 0. The summed E-state index contributed by atoms with van der Waals surface area (Å²) in [4.78, 5) is 15.6. The van der Waals surface area contributed by atoms with Gasteiger partial charge in [0, 0.05) is 33.1 Å². The lowest BCUT2D eigenvalue weighted by Crippen LogP contribution is -2.14. The van der Waals surface area contributed by atoms with Crippen LogP contribution in [0.1, 0.15) is 25.0 Å². The molecule has 11 rings (SSSR count). The molecule has 2 aromatic heterocycles. The van der Waals surface area contributed by atoms with E-state index < -0.39 is 0 Å². The van der Waals surface area contributed by atoms with Gasteiger partial charge >= 0.3 is 0 Å². The third-order valence-electron chi connectivity index (χ3n) is 12.1. The second-order valence-corrected chi connectivity index (χ2v) is 16.0. The van der Waals surface area contributed by atoms with E-state index in [9.17, 15) is 0 Å². The van der Waals surface area contributed by atoms with Crippen molar-refractivity contribution in [3.05, 3.63) is 211 Å². The number of aromatic nitrogens is 3. The molecule has 0 saturated carbocycles. The highest BCUT2D eigenvalue weighted by molar-refractivity contribution is 6.06. The van der Waals surface area contributed by atoms with E-state index in [0.717, 1.165) is 61.4 Å². The number of fused-ring (bicyclic) bond motifs is 5. The van der Waals surface area contributed by atoms with Gasteiger partial charge in [-0.05, 0) is 91.7 Å². The van der Waals surface area contributed by atoms with Crippen LogP contribution in [0.2, 0.25) is 0 Å². The summed E-state index contributed by atoms with van der Waals surface area (Å²) in [6, 6.07) is 71.4. The van der Waals surface area contributed by atoms with Gasteiger partial charge in [-0.1, -0.05) is 178 Å². The first-order valence-corrected chi connectivity index (χ1v) is 20.3. The first-order chi connectivity index (χ1) is 29.0. The Morgan fingerprint density at radius 3 is 1.53 bits per heavy atom. The highest BCUT2D eigenvalue weighted by Crippen LogP contribution is 2.51. The second-order valence-electron chi connectivity index (χ2n) is 16.0. The van der Waals surface area contributed by atoms with E-state index in [4.69, 9.17) is 15.0 Å². The Bertz CT molecular complexity index is 3150. The van der Waals surface area contributed by atoms with Crippen LogP contribution in [0.5, 0.6) is 0 Å². The van der Waals surface area contributed by atoms with E-state index >= 15 is 0 Å². The number of benzene rings is 8. The molecule has 0 saturated heterocycles. The quantitative estimate of drug-likeness (QED) is 0.170. The molecule has 8 aromatic carbocycles. The molecule has 278 valence electrons. The molecule has 1 aliphatic carbocycles. The topological polar surface area (TPSA) is 38.7 Å². The first kappa shape index (κ1) is 34.7. The predicted molar refractivity (Wildman–Crippen MR) is 245 cm³/mol. The summed E-state index contributed by atoms with van der Waals surface area (Å²) in [6.07, 6.45) is 0. The van der Waals surface area contributed by atoms with Crippen LogP contribution >= 0.6 is 0 Å². The van der Waals surface area contributed by atoms with Gasteiger partial charge in [-0.25, -0.2) is 15.0 Å². The van der Waals surface area contributed by atoms with E-state index in [1.165, 1.54) is 44.2 Å². The van der Waals surface area contributed by atoms with Gasteiger partial charge in [0.15, 0.2) is 5.82 Å². The summed E-state index contributed by atoms with van der Waals surface area (Å²) in [5.41, 5.74) is 17.7. The molecule has 0 amide bonds. The number of hydrogen-bond acceptors (Lipinski definition) is 3. The maximum Gasteiger partial charge on any atom is 0.160 e. The molecule has 0 bridgehead atoms. The van der Waals surface area contributed by atoms with Crippen molar-refractivity contribution in [1.82, 2.24) is 15.0 Å². The maximum atomic E-state index is 5.36. The van der Waals surface area contributed by atoms with E-state index in [1.54, 1.807) is 0 Å². The third kappa shape index (κ3) is 6.02. The molecular formula is C56H39N3. The lowest BCUT2D eigenvalue weighted by atomic mass is 9.82. The Hall–Kier alpha value is -7.49. The van der Waals surface area contributed by atoms with Crippen molar-refractivity contribution in [3.8, 4) is 78.5 Å². The predicted octanol–water partition coefficient (Wildman–Crippen LogP) is 14.5. The van der Waals surface area contributed by atoms with Gasteiger partial charge < -0.3 is 0 Å². The number of rotatable bonds is 6. The fraction of sp³-hybridized carbons (Fsp3) is 0.0536. The summed E-state index contributed by atoms with van der Waals surface area (Å²) >= 11 is 0. The zero-order valence-electron chi connectivity index (χ0n) is 32.9. The average molecular weight is 754 g/mol.